The standard InChI is InChI=1S/C17H25N5O2/c1-10(15-11(2)19-21(5)12(15)3)17(23)22-8-6-7-14(9-22)16-18-13(4)20-24-16/h10,14H,6-9H2,1-5H3. The highest BCUT2D eigenvalue weighted by molar-refractivity contribution is 5.84. The Kier molecular flexibility index (Phi) is 4.43. The van der Waals surface area contributed by atoms with Crippen LogP contribution in [0.4, 0.5) is 0 Å². The van der Waals surface area contributed by atoms with Gasteiger partial charge >= 0.3 is 0 Å². The number of nitrogens with zero attached hydrogens (tertiary/aromatic N) is 5. The van der Waals surface area contributed by atoms with Crippen molar-refractivity contribution in [1.82, 2.24) is 24.8 Å². The Morgan fingerprint density at radius 2 is 2.08 bits per heavy atom. The average Bonchev–Trinajstić information content (AvgIpc) is 3.10. The van der Waals surface area contributed by atoms with Crippen LogP contribution in [0, 0.1) is 20.8 Å². The number of piperidine rings is 1. The van der Waals surface area contributed by atoms with Gasteiger partial charge in [0.05, 0.1) is 17.5 Å². The molecule has 1 saturated heterocycles. The Morgan fingerprint density at radius 3 is 2.67 bits per heavy atom. The van der Waals surface area contributed by atoms with Gasteiger partial charge in [-0.25, -0.2) is 0 Å². The molecule has 1 aliphatic rings. The number of carbonyl (C=O) groups is 1. The highest BCUT2D eigenvalue weighted by atomic mass is 16.5. The topological polar surface area (TPSA) is 77.0 Å². The molecular formula is C17H25N5O2. The van der Waals surface area contributed by atoms with Crippen LogP contribution in [0.2, 0.25) is 0 Å². The molecule has 7 nitrogen and oxygen atoms in total. The molecular weight excluding hydrogens is 306 g/mol. The summed E-state index contributed by atoms with van der Waals surface area (Å²) in [5.74, 6) is 1.37. The predicted octanol–water partition coefficient (Wildman–Crippen LogP) is 2.24. The Morgan fingerprint density at radius 1 is 1.33 bits per heavy atom. The maximum absolute atomic E-state index is 13.0. The molecule has 0 saturated carbocycles. The van der Waals surface area contributed by atoms with Crippen LogP contribution < -0.4 is 0 Å². The van der Waals surface area contributed by atoms with Crippen LogP contribution in [0.1, 0.15) is 60.3 Å². The van der Waals surface area contributed by atoms with Gasteiger partial charge in [0.2, 0.25) is 11.8 Å². The van der Waals surface area contributed by atoms with Crippen molar-refractivity contribution < 1.29 is 9.32 Å². The second-order valence-corrected chi connectivity index (χ2v) is 6.73. The van der Waals surface area contributed by atoms with E-state index >= 15 is 0 Å². The number of carbonyl (C=O) groups excluding carboxylic acids is 1. The number of rotatable bonds is 3. The SMILES string of the molecule is Cc1noc(C2CCCN(C(=O)C(C)c3c(C)nn(C)c3C)C2)n1. The van der Waals surface area contributed by atoms with Gasteiger partial charge in [-0.05, 0) is 40.5 Å². The molecule has 7 heteroatoms. The fourth-order valence-electron chi connectivity index (χ4n) is 3.67. The van der Waals surface area contributed by atoms with Crippen LogP contribution in [-0.4, -0.2) is 43.8 Å². The molecule has 3 rings (SSSR count). The molecule has 0 radical (unpaired) electrons. The van der Waals surface area contributed by atoms with E-state index in [0.29, 0.717) is 18.3 Å². The molecule has 130 valence electrons. The van der Waals surface area contributed by atoms with Gasteiger partial charge in [0.25, 0.3) is 0 Å². The molecule has 0 aromatic carbocycles. The lowest BCUT2D eigenvalue weighted by molar-refractivity contribution is -0.133. The largest absolute Gasteiger partial charge is 0.341 e. The van der Waals surface area contributed by atoms with Crippen LogP contribution in [0.15, 0.2) is 4.52 Å². The minimum atomic E-state index is -0.193. The lowest BCUT2D eigenvalue weighted by Crippen LogP contribution is -2.41. The quantitative estimate of drug-likeness (QED) is 0.862. The molecule has 1 fully saturated rings. The highest BCUT2D eigenvalue weighted by Crippen LogP contribution is 2.30. The maximum atomic E-state index is 13.0. The zero-order valence-corrected chi connectivity index (χ0v) is 15.0. The van der Waals surface area contributed by atoms with Crippen molar-refractivity contribution in [1.29, 1.82) is 0 Å². The van der Waals surface area contributed by atoms with Crippen LogP contribution in [0.5, 0.6) is 0 Å². The second kappa shape index (κ2) is 6.37. The third-order valence-electron chi connectivity index (χ3n) is 4.99. The summed E-state index contributed by atoms with van der Waals surface area (Å²) in [6.07, 6.45) is 1.93. The van der Waals surface area contributed by atoms with Crippen molar-refractivity contribution in [2.45, 2.75) is 52.4 Å². The molecule has 2 aromatic heterocycles. The van der Waals surface area contributed by atoms with Gasteiger partial charge in [0, 0.05) is 31.4 Å². The molecule has 0 bridgehead atoms. The zero-order valence-electron chi connectivity index (χ0n) is 15.0. The summed E-state index contributed by atoms with van der Waals surface area (Å²) in [6, 6.07) is 0. The number of aryl methyl sites for hydroxylation is 3. The molecule has 1 aliphatic heterocycles. The van der Waals surface area contributed by atoms with Crippen LogP contribution in [-0.2, 0) is 11.8 Å². The number of hydrogen-bond donors (Lipinski definition) is 0. The molecule has 24 heavy (non-hydrogen) atoms. The minimum absolute atomic E-state index is 0.132. The predicted molar refractivity (Wildman–Crippen MR) is 88.7 cm³/mol. The van der Waals surface area contributed by atoms with Gasteiger partial charge < -0.3 is 9.42 Å². The summed E-state index contributed by atoms with van der Waals surface area (Å²) >= 11 is 0. The van der Waals surface area contributed by atoms with Crippen molar-refractivity contribution in [3.63, 3.8) is 0 Å². The molecule has 0 spiro atoms. The molecule has 2 atom stereocenters. The summed E-state index contributed by atoms with van der Waals surface area (Å²) < 4.78 is 7.15. The van der Waals surface area contributed by atoms with Gasteiger partial charge in [-0.3, -0.25) is 9.48 Å². The van der Waals surface area contributed by atoms with E-state index < -0.39 is 0 Å². The van der Waals surface area contributed by atoms with E-state index in [4.69, 9.17) is 4.52 Å². The van der Waals surface area contributed by atoms with E-state index in [9.17, 15) is 4.79 Å². The van der Waals surface area contributed by atoms with Crippen molar-refractivity contribution in [2.24, 2.45) is 7.05 Å². The zero-order chi connectivity index (χ0) is 17.4. The van der Waals surface area contributed by atoms with E-state index in [-0.39, 0.29) is 17.7 Å². The summed E-state index contributed by atoms with van der Waals surface area (Å²) in [5, 5.41) is 8.31. The van der Waals surface area contributed by atoms with Gasteiger partial charge in [0.15, 0.2) is 5.82 Å². The highest BCUT2D eigenvalue weighted by Gasteiger charge is 2.32. The first kappa shape index (κ1) is 16.7. The first-order valence-electron chi connectivity index (χ1n) is 8.47. The first-order chi connectivity index (χ1) is 11.4. The molecule has 2 aromatic rings. The maximum Gasteiger partial charge on any atom is 0.231 e. The number of aromatic nitrogens is 4. The average molecular weight is 331 g/mol. The molecule has 0 N–H and O–H groups in total. The third-order valence-corrected chi connectivity index (χ3v) is 4.99. The smallest absolute Gasteiger partial charge is 0.231 e. The van der Waals surface area contributed by atoms with Crippen molar-refractivity contribution >= 4 is 5.91 Å². The number of likely N-dealkylation sites (tertiary alicyclic amines) is 1. The Bertz CT molecular complexity index is 748. The summed E-state index contributed by atoms with van der Waals surface area (Å²) in [6.45, 7) is 9.19. The van der Waals surface area contributed by atoms with E-state index in [1.165, 1.54) is 0 Å². The van der Waals surface area contributed by atoms with E-state index in [2.05, 4.69) is 15.2 Å². The molecule has 3 heterocycles. The normalized spacial score (nSPS) is 19.5. The van der Waals surface area contributed by atoms with Gasteiger partial charge in [-0.2, -0.15) is 10.1 Å². The summed E-state index contributed by atoms with van der Waals surface area (Å²) in [5.41, 5.74) is 3.02. The monoisotopic (exact) mass is 331 g/mol. The second-order valence-electron chi connectivity index (χ2n) is 6.73. The first-order valence-corrected chi connectivity index (χ1v) is 8.47. The molecule has 0 aliphatic carbocycles. The Hall–Kier alpha value is -2.18. The summed E-state index contributed by atoms with van der Waals surface area (Å²) in [4.78, 5) is 19.3. The fourth-order valence-corrected chi connectivity index (χ4v) is 3.67. The van der Waals surface area contributed by atoms with E-state index in [1.807, 2.05) is 44.3 Å². The third kappa shape index (κ3) is 2.95. The lowest BCUT2D eigenvalue weighted by Gasteiger charge is -2.33. The van der Waals surface area contributed by atoms with Gasteiger partial charge in [0.1, 0.15) is 0 Å². The van der Waals surface area contributed by atoms with Gasteiger partial charge in [-0.1, -0.05) is 5.16 Å². The van der Waals surface area contributed by atoms with Crippen molar-refractivity contribution in [3.05, 3.63) is 28.7 Å². The summed E-state index contributed by atoms with van der Waals surface area (Å²) in [7, 11) is 1.91. The lowest BCUT2D eigenvalue weighted by atomic mass is 9.93. The molecule has 1 amide bonds. The van der Waals surface area contributed by atoms with Crippen molar-refractivity contribution in [3.8, 4) is 0 Å². The fraction of sp³-hybridized carbons (Fsp3) is 0.647. The van der Waals surface area contributed by atoms with Crippen molar-refractivity contribution in [2.75, 3.05) is 13.1 Å². The van der Waals surface area contributed by atoms with Gasteiger partial charge in [-0.15, -0.1) is 0 Å². The van der Waals surface area contributed by atoms with E-state index in [1.54, 1.807) is 0 Å². The Balaban J connectivity index is 1.76. The van der Waals surface area contributed by atoms with Crippen LogP contribution in [0.25, 0.3) is 0 Å². The van der Waals surface area contributed by atoms with Crippen LogP contribution >= 0.6 is 0 Å². The van der Waals surface area contributed by atoms with Crippen LogP contribution in [0.3, 0.4) is 0 Å². The number of hydrogen-bond acceptors (Lipinski definition) is 5. The number of amides is 1. The molecule has 2 unspecified atom stereocenters. The minimum Gasteiger partial charge on any atom is -0.341 e. The van der Waals surface area contributed by atoms with E-state index in [0.717, 1.165) is 36.3 Å². The Labute approximate surface area is 142 Å².